The first-order chi connectivity index (χ1) is 15.8. The van der Waals surface area contributed by atoms with E-state index in [0.717, 1.165) is 0 Å². The van der Waals surface area contributed by atoms with Crippen molar-refractivity contribution in [3.8, 4) is 5.75 Å². The van der Waals surface area contributed by atoms with Crippen molar-refractivity contribution in [1.29, 1.82) is 0 Å². The Hall–Kier alpha value is -3.13. The Bertz CT molecular complexity index is 994. The van der Waals surface area contributed by atoms with Crippen LogP contribution in [0.15, 0.2) is 46.8 Å². The fourth-order valence-electron chi connectivity index (χ4n) is 4.53. The molecule has 2 aliphatic rings. The van der Waals surface area contributed by atoms with Crippen molar-refractivity contribution in [2.24, 2.45) is 11.8 Å². The quantitative estimate of drug-likeness (QED) is 0.361. The smallest absolute Gasteiger partial charge is 0.336 e. The van der Waals surface area contributed by atoms with Gasteiger partial charge in [0.2, 0.25) is 0 Å². The normalized spacial score (nSPS) is 22.5. The van der Waals surface area contributed by atoms with Gasteiger partial charge in [-0.2, -0.15) is 0 Å². The molecule has 1 aliphatic carbocycles. The van der Waals surface area contributed by atoms with Crippen LogP contribution in [0.3, 0.4) is 0 Å². The van der Waals surface area contributed by atoms with Gasteiger partial charge in [0, 0.05) is 30.0 Å². The number of esters is 2. The molecule has 1 heterocycles. The maximum absolute atomic E-state index is 13.7. The third-order valence-electron chi connectivity index (χ3n) is 5.99. The number of allylic oxidation sites excluding steroid dienone is 3. The number of hydrogen-bond acceptors (Lipinski definition) is 8. The summed E-state index contributed by atoms with van der Waals surface area (Å²) in [6.45, 7) is 6.34. The van der Waals surface area contributed by atoms with Crippen LogP contribution in [-0.2, 0) is 28.6 Å². The van der Waals surface area contributed by atoms with Crippen LogP contribution < -0.4 is 10.1 Å². The van der Waals surface area contributed by atoms with Crippen LogP contribution in [0.2, 0.25) is 0 Å². The van der Waals surface area contributed by atoms with E-state index in [0.29, 0.717) is 46.9 Å². The van der Waals surface area contributed by atoms with Gasteiger partial charge in [0.1, 0.15) is 18.3 Å². The topological polar surface area (TPSA) is 100 Å². The van der Waals surface area contributed by atoms with Gasteiger partial charge in [-0.25, -0.2) is 4.79 Å². The van der Waals surface area contributed by atoms with E-state index in [1.54, 1.807) is 6.92 Å². The molecule has 0 bridgehead atoms. The van der Waals surface area contributed by atoms with Gasteiger partial charge in [-0.15, -0.1) is 0 Å². The summed E-state index contributed by atoms with van der Waals surface area (Å²) in [5.74, 6) is -2.71. The van der Waals surface area contributed by atoms with Crippen molar-refractivity contribution in [2.45, 2.75) is 33.1 Å². The standard InChI is InChI=1S/C25H31NO7/c1-6-32-17-9-7-8-16(13-17)21-20(25(29)33-11-10-30-4)15(3)26-18-12-14(2)19(24(28)31-5)23(27)22(18)21/h7-9,13-14,19,21,26H,6,10-12H2,1-5H3/t14-,19-,21-/m0/s1. The van der Waals surface area contributed by atoms with Crippen LogP contribution in [0.4, 0.5) is 0 Å². The SMILES string of the molecule is CCOc1cccc([C@H]2C(C(=O)OCCOC)=C(C)NC3=C2C(=O)[C@@H](C(=O)OC)[C@@H](C)C3)c1. The Balaban J connectivity index is 2.13. The number of dihydropyridines is 1. The minimum Gasteiger partial charge on any atom is -0.494 e. The van der Waals surface area contributed by atoms with E-state index in [9.17, 15) is 14.4 Å². The lowest BCUT2D eigenvalue weighted by Gasteiger charge is -2.38. The number of benzene rings is 1. The van der Waals surface area contributed by atoms with Crippen LogP contribution in [0, 0.1) is 11.8 Å². The Morgan fingerprint density at radius 2 is 1.94 bits per heavy atom. The van der Waals surface area contributed by atoms with Crippen molar-refractivity contribution < 1.29 is 33.3 Å². The van der Waals surface area contributed by atoms with Crippen LogP contribution in [-0.4, -0.2) is 51.8 Å². The Morgan fingerprint density at radius 1 is 1.18 bits per heavy atom. The van der Waals surface area contributed by atoms with Gasteiger partial charge in [0.15, 0.2) is 5.78 Å². The summed E-state index contributed by atoms with van der Waals surface area (Å²) in [6.07, 6.45) is 0.478. The monoisotopic (exact) mass is 457 g/mol. The molecule has 8 heteroatoms. The maximum Gasteiger partial charge on any atom is 0.336 e. The van der Waals surface area contributed by atoms with Crippen molar-refractivity contribution in [2.75, 3.05) is 34.0 Å². The Kier molecular flexibility index (Phi) is 7.92. The third-order valence-corrected chi connectivity index (χ3v) is 5.99. The van der Waals surface area contributed by atoms with Crippen molar-refractivity contribution >= 4 is 17.7 Å². The Labute approximate surface area is 193 Å². The second-order valence-corrected chi connectivity index (χ2v) is 8.17. The van der Waals surface area contributed by atoms with E-state index in [4.69, 9.17) is 18.9 Å². The molecule has 33 heavy (non-hydrogen) atoms. The number of carbonyl (C=O) groups excluding carboxylic acids is 3. The van der Waals surface area contributed by atoms with Gasteiger partial charge >= 0.3 is 11.9 Å². The zero-order valence-corrected chi connectivity index (χ0v) is 19.7. The fourth-order valence-corrected chi connectivity index (χ4v) is 4.53. The van der Waals surface area contributed by atoms with E-state index in [-0.39, 0.29) is 24.9 Å². The number of rotatable bonds is 8. The van der Waals surface area contributed by atoms with Gasteiger partial charge in [0.25, 0.3) is 0 Å². The van der Waals surface area contributed by atoms with Gasteiger partial charge in [0.05, 0.1) is 25.9 Å². The van der Waals surface area contributed by atoms with Crippen molar-refractivity contribution in [3.05, 3.63) is 52.4 Å². The lowest BCUT2D eigenvalue weighted by molar-refractivity contribution is -0.151. The van der Waals surface area contributed by atoms with Crippen LogP contribution in [0.1, 0.15) is 38.7 Å². The number of ether oxygens (including phenoxy) is 4. The number of hydrogen-bond donors (Lipinski definition) is 1. The highest BCUT2D eigenvalue weighted by Crippen LogP contribution is 2.45. The third kappa shape index (κ3) is 4.95. The lowest BCUT2D eigenvalue weighted by Crippen LogP contribution is -2.43. The largest absolute Gasteiger partial charge is 0.494 e. The molecule has 178 valence electrons. The van der Waals surface area contributed by atoms with Crippen LogP contribution >= 0.6 is 0 Å². The fraction of sp³-hybridized carbons (Fsp3) is 0.480. The molecule has 1 N–H and O–H groups in total. The summed E-state index contributed by atoms with van der Waals surface area (Å²) in [7, 11) is 2.80. The molecule has 1 aromatic rings. The molecule has 1 aliphatic heterocycles. The first-order valence-electron chi connectivity index (χ1n) is 11.1. The summed E-state index contributed by atoms with van der Waals surface area (Å²) in [6, 6.07) is 7.30. The van der Waals surface area contributed by atoms with Gasteiger partial charge in [-0.1, -0.05) is 19.1 Å². The first-order valence-corrected chi connectivity index (χ1v) is 11.1. The summed E-state index contributed by atoms with van der Waals surface area (Å²) in [5, 5.41) is 3.24. The highest BCUT2D eigenvalue weighted by Gasteiger charge is 2.47. The number of methoxy groups -OCH3 is 2. The molecule has 1 aromatic carbocycles. The minimum atomic E-state index is -0.933. The average molecular weight is 458 g/mol. The molecule has 0 amide bonds. The molecular weight excluding hydrogens is 426 g/mol. The second-order valence-electron chi connectivity index (χ2n) is 8.17. The van der Waals surface area contributed by atoms with Crippen molar-refractivity contribution in [3.63, 3.8) is 0 Å². The predicted octanol–water partition coefficient (Wildman–Crippen LogP) is 2.89. The number of ketones is 1. The molecule has 0 saturated carbocycles. The highest BCUT2D eigenvalue weighted by atomic mass is 16.6. The number of carbonyl (C=O) groups is 3. The predicted molar refractivity (Wildman–Crippen MR) is 120 cm³/mol. The zero-order valence-electron chi connectivity index (χ0n) is 19.7. The summed E-state index contributed by atoms with van der Waals surface area (Å²) in [5.41, 5.74) is 2.75. The highest BCUT2D eigenvalue weighted by molar-refractivity contribution is 6.12. The molecule has 0 saturated heterocycles. The van der Waals surface area contributed by atoms with Gasteiger partial charge in [-0.3, -0.25) is 9.59 Å². The molecule has 0 radical (unpaired) electrons. The molecule has 0 aromatic heterocycles. The van der Waals surface area contributed by atoms with Gasteiger partial charge < -0.3 is 24.3 Å². The summed E-state index contributed by atoms with van der Waals surface area (Å²) in [4.78, 5) is 39.3. The van der Waals surface area contributed by atoms with Crippen LogP contribution in [0.5, 0.6) is 5.75 Å². The molecule has 3 rings (SSSR count). The van der Waals surface area contributed by atoms with Crippen LogP contribution in [0.25, 0.3) is 0 Å². The molecular formula is C25H31NO7. The summed E-state index contributed by atoms with van der Waals surface area (Å²) >= 11 is 0. The van der Waals surface area contributed by atoms with E-state index in [1.165, 1.54) is 14.2 Å². The number of nitrogens with one attached hydrogen (secondary N) is 1. The first kappa shape index (κ1) is 24.5. The van der Waals surface area contributed by atoms with Gasteiger partial charge in [-0.05, 0) is 43.9 Å². The molecule has 8 nitrogen and oxygen atoms in total. The van der Waals surface area contributed by atoms with E-state index < -0.39 is 23.8 Å². The van der Waals surface area contributed by atoms with E-state index in [1.807, 2.05) is 38.1 Å². The zero-order chi connectivity index (χ0) is 24.1. The second kappa shape index (κ2) is 10.7. The van der Waals surface area contributed by atoms with E-state index >= 15 is 0 Å². The summed E-state index contributed by atoms with van der Waals surface area (Å²) < 4.78 is 21.0. The average Bonchev–Trinajstić information content (AvgIpc) is 2.78. The molecule has 0 fully saturated rings. The molecule has 3 atom stereocenters. The molecule has 0 unspecified atom stereocenters. The number of Topliss-reactive ketones (excluding diaryl/α,β-unsaturated/α-hetero) is 1. The Morgan fingerprint density at radius 3 is 2.61 bits per heavy atom. The van der Waals surface area contributed by atoms with E-state index in [2.05, 4.69) is 5.32 Å². The van der Waals surface area contributed by atoms with Crippen molar-refractivity contribution in [1.82, 2.24) is 5.32 Å². The molecule has 0 spiro atoms. The maximum atomic E-state index is 13.7. The minimum absolute atomic E-state index is 0.0828. The lowest BCUT2D eigenvalue weighted by atomic mass is 9.69.